The molecule has 0 saturated carbocycles. The van der Waals surface area contributed by atoms with Gasteiger partial charge < -0.3 is 9.84 Å². The number of hydrogen-bond donors (Lipinski definition) is 1. The number of aliphatic hydroxyl groups excluding tert-OH is 1. The van der Waals surface area contributed by atoms with Gasteiger partial charge in [-0.3, -0.25) is 0 Å². The quantitative estimate of drug-likeness (QED) is 0.910. The zero-order chi connectivity index (χ0) is 14.8. The van der Waals surface area contributed by atoms with Crippen molar-refractivity contribution in [3.63, 3.8) is 0 Å². The Labute approximate surface area is 118 Å². The lowest BCUT2D eigenvalue weighted by Gasteiger charge is -2.14. The van der Waals surface area contributed by atoms with E-state index in [0.717, 1.165) is 0 Å². The zero-order valence-electron chi connectivity index (χ0n) is 10.1. The van der Waals surface area contributed by atoms with E-state index in [1.807, 2.05) is 0 Å². The molecule has 0 amide bonds. The molecule has 0 heterocycles. The third-order valence-electron chi connectivity index (χ3n) is 2.56. The van der Waals surface area contributed by atoms with Crippen LogP contribution in [0.3, 0.4) is 0 Å². The standard InChI is InChI=1S/C14H10ClF3O2/c15-11-6-9(8-19)5-10(7-11)12-3-1-2-4-13(12)20-14(16,17)18/h1-7,19H,8H2. The highest BCUT2D eigenvalue weighted by Crippen LogP contribution is 2.35. The number of rotatable bonds is 3. The van der Waals surface area contributed by atoms with Crippen LogP contribution in [0.25, 0.3) is 11.1 Å². The second-order valence-electron chi connectivity index (χ2n) is 4.05. The van der Waals surface area contributed by atoms with Gasteiger partial charge in [-0.15, -0.1) is 13.2 Å². The molecule has 106 valence electrons. The van der Waals surface area contributed by atoms with E-state index in [1.54, 1.807) is 12.1 Å². The van der Waals surface area contributed by atoms with E-state index < -0.39 is 6.36 Å². The molecule has 0 aliphatic rings. The number of halogens is 4. The molecule has 1 N–H and O–H groups in total. The van der Waals surface area contributed by atoms with Gasteiger partial charge in [-0.05, 0) is 35.4 Å². The van der Waals surface area contributed by atoms with E-state index in [9.17, 15) is 13.2 Å². The Hall–Kier alpha value is -1.72. The summed E-state index contributed by atoms with van der Waals surface area (Å²) in [4.78, 5) is 0. The van der Waals surface area contributed by atoms with Crippen LogP contribution in [0.5, 0.6) is 5.75 Å². The SMILES string of the molecule is OCc1cc(Cl)cc(-c2ccccc2OC(F)(F)F)c1. The van der Waals surface area contributed by atoms with Gasteiger partial charge in [0.2, 0.25) is 0 Å². The molecule has 0 fully saturated rings. The molecule has 0 aliphatic heterocycles. The van der Waals surface area contributed by atoms with Crippen LogP contribution in [-0.4, -0.2) is 11.5 Å². The van der Waals surface area contributed by atoms with Gasteiger partial charge in [0.05, 0.1) is 6.61 Å². The van der Waals surface area contributed by atoms with Gasteiger partial charge in [0.1, 0.15) is 5.75 Å². The number of ether oxygens (including phenoxy) is 1. The fraction of sp³-hybridized carbons (Fsp3) is 0.143. The minimum Gasteiger partial charge on any atom is -0.405 e. The van der Waals surface area contributed by atoms with E-state index in [2.05, 4.69) is 4.74 Å². The largest absolute Gasteiger partial charge is 0.573 e. The first-order chi connectivity index (χ1) is 9.39. The lowest BCUT2D eigenvalue weighted by Crippen LogP contribution is -2.17. The second kappa shape index (κ2) is 5.73. The number of hydrogen-bond acceptors (Lipinski definition) is 2. The molecule has 0 unspecified atom stereocenters. The fourth-order valence-electron chi connectivity index (χ4n) is 1.82. The van der Waals surface area contributed by atoms with Crippen LogP contribution in [-0.2, 0) is 6.61 Å². The first-order valence-electron chi connectivity index (χ1n) is 5.64. The molecule has 6 heteroatoms. The van der Waals surface area contributed by atoms with Crippen molar-refractivity contribution in [3.8, 4) is 16.9 Å². The Morgan fingerprint density at radius 1 is 1.10 bits per heavy atom. The summed E-state index contributed by atoms with van der Waals surface area (Å²) in [6, 6.07) is 10.4. The van der Waals surface area contributed by atoms with Gasteiger partial charge in [-0.2, -0.15) is 0 Å². The molecule has 0 bridgehead atoms. The highest BCUT2D eigenvalue weighted by molar-refractivity contribution is 6.31. The van der Waals surface area contributed by atoms with Crippen LogP contribution < -0.4 is 4.74 Å². The Balaban J connectivity index is 2.50. The molecule has 2 nitrogen and oxygen atoms in total. The van der Waals surface area contributed by atoms with E-state index in [0.29, 0.717) is 16.1 Å². The summed E-state index contributed by atoms with van der Waals surface area (Å²) in [6.45, 7) is -0.254. The molecule has 0 atom stereocenters. The van der Waals surface area contributed by atoms with Crippen LogP contribution in [0.4, 0.5) is 13.2 Å². The van der Waals surface area contributed by atoms with Crippen molar-refractivity contribution in [1.29, 1.82) is 0 Å². The number of aliphatic hydroxyl groups is 1. The molecule has 20 heavy (non-hydrogen) atoms. The molecule has 0 aliphatic carbocycles. The van der Waals surface area contributed by atoms with Gasteiger partial charge >= 0.3 is 6.36 Å². The van der Waals surface area contributed by atoms with Gasteiger partial charge in [-0.25, -0.2) is 0 Å². The average molecular weight is 303 g/mol. The lowest BCUT2D eigenvalue weighted by atomic mass is 10.0. The third-order valence-corrected chi connectivity index (χ3v) is 2.78. The third kappa shape index (κ3) is 3.65. The second-order valence-corrected chi connectivity index (χ2v) is 4.49. The van der Waals surface area contributed by atoms with Crippen LogP contribution >= 0.6 is 11.6 Å². The molecular weight excluding hydrogens is 293 g/mol. The Morgan fingerprint density at radius 3 is 2.45 bits per heavy atom. The summed E-state index contributed by atoms with van der Waals surface area (Å²) in [5, 5.41) is 9.45. The summed E-state index contributed by atoms with van der Waals surface area (Å²) in [6.07, 6.45) is -4.77. The van der Waals surface area contributed by atoms with Crippen molar-refractivity contribution >= 4 is 11.6 Å². The summed E-state index contributed by atoms with van der Waals surface area (Å²) in [5.74, 6) is -0.314. The van der Waals surface area contributed by atoms with Gasteiger partial charge in [-0.1, -0.05) is 29.8 Å². The van der Waals surface area contributed by atoms with E-state index in [1.165, 1.54) is 30.3 Å². The number of benzene rings is 2. The molecule has 2 aromatic rings. The van der Waals surface area contributed by atoms with Crippen LogP contribution in [0.2, 0.25) is 5.02 Å². The topological polar surface area (TPSA) is 29.5 Å². The van der Waals surface area contributed by atoms with Crippen molar-refractivity contribution in [2.75, 3.05) is 0 Å². The van der Waals surface area contributed by atoms with Crippen molar-refractivity contribution < 1.29 is 23.0 Å². The number of alkyl halides is 3. The first kappa shape index (κ1) is 14.7. The fourth-order valence-corrected chi connectivity index (χ4v) is 2.07. The van der Waals surface area contributed by atoms with Crippen LogP contribution in [0, 0.1) is 0 Å². The van der Waals surface area contributed by atoms with Crippen molar-refractivity contribution in [3.05, 3.63) is 53.1 Å². The maximum atomic E-state index is 12.4. The summed E-state index contributed by atoms with van der Waals surface area (Å²) in [5.41, 5.74) is 1.21. The molecule has 0 radical (unpaired) electrons. The van der Waals surface area contributed by atoms with Gasteiger partial charge in [0.25, 0.3) is 0 Å². The minimum atomic E-state index is -4.77. The Morgan fingerprint density at radius 2 is 1.80 bits per heavy atom. The normalized spacial score (nSPS) is 11.4. The maximum Gasteiger partial charge on any atom is 0.573 e. The van der Waals surface area contributed by atoms with E-state index in [4.69, 9.17) is 16.7 Å². The first-order valence-corrected chi connectivity index (χ1v) is 6.02. The molecule has 2 aromatic carbocycles. The molecular formula is C14H10ClF3O2. The van der Waals surface area contributed by atoms with Crippen molar-refractivity contribution in [1.82, 2.24) is 0 Å². The van der Waals surface area contributed by atoms with E-state index >= 15 is 0 Å². The summed E-state index contributed by atoms with van der Waals surface area (Å²) >= 11 is 5.89. The summed E-state index contributed by atoms with van der Waals surface area (Å²) in [7, 11) is 0. The smallest absolute Gasteiger partial charge is 0.405 e. The minimum absolute atomic E-state index is 0.252. The molecule has 2 rings (SSSR count). The monoisotopic (exact) mass is 302 g/mol. The van der Waals surface area contributed by atoms with Gasteiger partial charge in [0, 0.05) is 10.6 Å². The predicted octanol–water partition coefficient (Wildman–Crippen LogP) is 4.40. The van der Waals surface area contributed by atoms with Crippen molar-refractivity contribution in [2.45, 2.75) is 13.0 Å². The number of para-hydroxylation sites is 1. The maximum absolute atomic E-state index is 12.4. The lowest BCUT2D eigenvalue weighted by molar-refractivity contribution is -0.274. The highest BCUT2D eigenvalue weighted by atomic mass is 35.5. The highest BCUT2D eigenvalue weighted by Gasteiger charge is 2.32. The molecule has 0 saturated heterocycles. The summed E-state index contributed by atoms with van der Waals surface area (Å²) < 4.78 is 41.1. The zero-order valence-corrected chi connectivity index (χ0v) is 10.9. The molecule has 0 spiro atoms. The van der Waals surface area contributed by atoms with Crippen LogP contribution in [0.1, 0.15) is 5.56 Å². The van der Waals surface area contributed by atoms with Crippen LogP contribution in [0.15, 0.2) is 42.5 Å². The molecule has 0 aromatic heterocycles. The van der Waals surface area contributed by atoms with E-state index in [-0.39, 0.29) is 17.9 Å². The Bertz CT molecular complexity index is 612. The Kier molecular flexibility index (Phi) is 4.20. The average Bonchev–Trinajstić information content (AvgIpc) is 2.36. The van der Waals surface area contributed by atoms with Crippen molar-refractivity contribution in [2.24, 2.45) is 0 Å². The predicted molar refractivity (Wildman–Crippen MR) is 69.5 cm³/mol. The van der Waals surface area contributed by atoms with Gasteiger partial charge in [0.15, 0.2) is 0 Å².